The SMILES string of the molecule is COc1ccc2c3c(cc(O)c2c1)CCCc1ccccc1-3. The maximum atomic E-state index is 10.4. The Morgan fingerprint density at radius 2 is 1.73 bits per heavy atom. The van der Waals surface area contributed by atoms with E-state index in [-0.39, 0.29) is 0 Å². The van der Waals surface area contributed by atoms with Crippen molar-refractivity contribution in [1.82, 2.24) is 0 Å². The number of rotatable bonds is 1. The van der Waals surface area contributed by atoms with Crippen LogP contribution in [0, 0.1) is 0 Å². The zero-order valence-corrected chi connectivity index (χ0v) is 12.6. The van der Waals surface area contributed by atoms with E-state index in [0.717, 1.165) is 35.8 Å². The molecule has 0 aliphatic heterocycles. The van der Waals surface area contributed by atoms with Gasteiger partial charge in [0.2, 0.25) is 0 Å². The molecule has 1 aliphatic carbocycles. The Kier molecular flexibility index (Phi) is 3.04. The highest BCUT2D eigenvalue weighted by molar-refractivity contribution is 6.03. The Hall–Kier alpha value is -2.48. The third-order valence-electron chi connectivity index (χ3n) is 4.58. The van der Waals surface area contributed by atoms with Gasteiger partial charge < -0.3 is 9.84 Å². The summed E-state index contributed by atoms with van der Waals surface area (Å²) in [5.74, 6) is 1.11. The van der Waals surface area contributed by atoms with Crippen LogP contribution in [0.5, 0.6) is 11.5 Å². The van der Waals surface area contributed by atoms with Gasteiger partial charge in [0.05, 0.1) is 7.11 Å². The van der Waals surface area contributed by atoms with Gasteiger partial charge in [-0.05, 0) is 71.2 Å². The first-order valence-electron chi connectivity index (χ1n) is 7.69. The lowest BCUT2D eigenvalue weighted by atomic mass is 9.91. The fourth-order valence-electron chi connectivity index (χ4n) is 3.53. The van der Waals surface area contributed by atoms with Gasteiger partial charge in [0, 0.05) is 5.39 Å². The van der Waals surface area contributed by atoms with Crippen molar-refractivity contribution in [3.8, 4) is 22.6 Å². The van der Waals surface area contributed by atoms with Crippen molar-refractivity contribution >= 4 is 10.8 Å². The van der Waals surface area contributed by atoms with Crippen LogP contribution in [0.2, 0.25) is 0 Å². The molecule has 0 heterocycles. The fourth-order valence-corrected chi connectivity index (χ4v) is 3.53. The molecule has 3 aromatic rings. The fraction of sp³-hybridized carbons (Fsp3) is 0.200. The van der Waals surface area contributed by atoms with E-state index in [2.05, 4.69) is 30.3 Å². The van der Waals surface area contributed by atoms with Crippen molar-refractivity contribution in [2.45, 2.75) is 19.3 Å². The minimum absolute atomic E-state index is 0.340. The maximum absolute atomic E-state index is 10.4. The Labute approximate surface area is 130 Å². The van der Waals surface area contributed by atoms with E-state index < -0.39 is 0 Å². The van der Waals surface area contributed by atoms with Gasteiger partial charge in [-0.25, -0.2) is 0 Å². The summed E-state index contributed by atoms with van der Waals surface area (Å²) in [7, 11) is 1.65. The molecule has 0 saturated heterocycles. The van der Waals surface area contributed by atoms with E-state index in [4.69, 9.17) is 4.74 Å². The molecule has 1 N–H and O–H groups in total. The van der Waals surface area contributed by atoms with Crippen LogP contribution in [-0.4, -0.2) is 12.2 Å². The van der Waals surface area contributed by atoms with Gasteiger partial charge in [-0.3, -0.25) is 0 Å². The van der Waals surface area contributed by atoms with E-state index >= 15 is 0 Å². The second-order valence-corrected chi connectivity index (χ2v) is 5.85. The molecule has 0 unspecified atom stereocenters. The Balaban J connectivity index is 2.11. The number of phenolic OH excluding ortho intramolecular Hbond substituents is 1. The summed E-state index contributed by atoms with van der Waals surface area (Å²) in [6.07, 6.45) is 3.20. The number of phenols is 1. The number of methoxy groups -OCH3 is 1. The molecule has 2 nitrogen and oxygen atoms in total. The number of hydrogen-bond donors (Lipinski definition) is 1. The zero-order chi connectivity index (χ0) is 15.1. The molecule has 0 aromatic heterocycles. The monoisotopic (exact) mass is 290 g/mol. The van der Waals surface area contributed by atoms with Gasteiger partial charge in [0.15, 0.2) is 0 Å². The predicted molar refractivity (Wildman–Crippen MR) is 89.6 cm³/mol. The second-order valence-electron chi connectivity index (χ2n) is 5.85. The third-order valence-corrected chi connectivity index (χ3v) is 4.58. The highest BCUT2D eigenvalue weighted by Gasteiger charge is 2.19. The van der Waals surface area contributed by atoms with Gasteiger partial charge >= 0.3 is 0 Å². The molecule has 0 bridgehead atoms. The van der Waals surface area contributed by atoms with Crippen LogP contribution in [0.4, 0.5) is 0 Å². The van der Waals surface area contributed by atoms with Crippen molar-refractivity contribution in [3.05, 3.63) is 59.7 Å². The molecular formula is C20H18O2. The Morgan fingerprint density at radius 1 is 0.909 bits per heavy atom. The van der Waals surface area contributed by atoms with Crippen LogP contribution >= 0.6 is 0 Å². The predicted octanol–water partition coefficient (Wildman–Crippen LogP) is 4.71. The number of aryl methyl sites for hydroxylation is 2. The van der Waals surface area contributed by atoms with Crippen molar-refractivity contribution in [2.75, 3.05) is 7.11 Å². The number of ether oxygens (including phenoxy) is 1. The standard InChI is InChI=1S/C20H18O2/c1-22-15-9-10-17-18(12-15)19(21)11-14-7-4-6-13-5-2-3-8-16(13)20(14)17/h2-3,5,8-12,21H,4,6-7H2,1H3. The van der Waals surface area contributed by atoms with Crippen molar-refractivity contribution in [3.63, 3.8) is 0 Å². The molecule has 2 heteroatoms. The van der Waals surface area contributed by atoms with Crippen molar-refractivity contribution in [1.29, 1.82) is 0 Å². The molecule has 22 heavy (non-hydrogen) atoms. The normalized spacial score (nSPS) is 13.3. The number of aromatic hydroxyl groups is 1. The van der Waals surface area contributed by atoms with Crippen LogP contribution in [0.3, 0.4) is 0 Å². The summed E-state index contributed by atoms with van der Waals surface area (Å²) in [5, 5.41) is 12.4. The van der Waals surface area contributed by atoms with E-state index in [1.165, 1.54) is 22.3 Å². The summed E-state index contributed by atoms with van der Waals surface area (Å²) in [6, 6.07) is 16.5. The minimum Gasteiger partial charge on any atom is -0.507 e. The van der Waals surface area contributed by atoms with Crippen LogP contribution < -0.4 is 4.74 Å². The van der Waals surface area contributed by atoms with Crippen molar-refractivity contribution < 1.29 is 9.84 Å². The van der Waals surface area contributed by atoms with Gasteiger partial charge in [-0.2, -0.15) is 0 Å². The summed E-state index contributed by atoms with van der Waals surface area (Å²) >= 11 is 0. The van der Waals surface area contributed by atoms with Gasteiger partial charge in [0.1, 0.15) is 11.5 Å². The molecule has 1 aliphatic rings. The molecule has 110 valence electrons. The number of benzene rings is 3. The lowest BCUT2D eigenvalue weighted by Gasteiger charge is -2.15. The van der Waals surface area contributed by atoms with Crippen LogP contribution in [-0.2, 0) is 12.8 Å². The molecule has 0 atom stereocenters. The lowest BCUT2D eigenvalue weighted by Crippen LogP contribution is -1.92. The largest absolute Gasteiger partial charge is 0.507 e. The summed E-state index contributed by atoms with van der Waals surface area (Å²) < 4.78 is 5.30. The summed E-state index contributed by atoms with van der Waals surface area (Å²) in [5.41, 5.74) is 5.19. The molecular weight excluding hydrogens is 272 g/mol. The molecule has 4 rings (SSSR count). The molecule has 0 saturated carbocycles. The van der Waals surface area contributed by atoms with Gasteiger partial charge in [-0.15, -0.1) is 0 Å². The number of hydrogen-bond acceptors (Lipinski definition) is 2. The third kappa shape index (κ3) is 1.95. The number of fused-ring (bicyclic) bond motifs is 5. The molecule has 3 aromatic carbocycles. The first kappa shape index (κ1) is 13.2. The Bertz CT molecular complexity index is 865. The van der Waals surface area contributed by atoms with Crippen molar-refractivity contribution in [2.24, 2.45) is 0 Å². The van der Waals surface area contributed by atoms with Gasteiger partial charge in [0.25, 0.3) is 0 Å². The zero-order valence-electron chi connectivity index (χ0n) is 12.6. The summed E-state index contributed by atoms with van der Waals surface area (Å²) in [6.45, 7) is 0. The summed E-state index contributed by atoms with van der Waals surface area (Å²) in [4.78, 5) is 0. The molecule has 0 fully saturated rings. The average molecular weight is 290 g/mol. The Morgan fingerprint density at radius 3 is 2.59 bits per heavy atom. The quantitative estimate of drug-likeness (QED) is 0.703. The van der Waals surface area contributed by atoms with Crippen LogP contribution in [0.1, 0.15) is 17.5 Å². The van der Waals surface area contributed by atoms with E-state index in [1.54, 1.807) is 7.11 Å². The van der Waals surface area contributed by atoms with E-state index in [0.29, 0.717) is 5.75 Å². The molecule has 0 spiro atoms. The molecule has 0 radical (unpaired) electrons. The maximum Gasteiger partial charge on any atom is 0.123 e. The smallest absolute Gasteiger partial charge is 0.123 e. The topological polar surface area (TPSA) is 29.5 Å². The second kappa shape index (κ2) is 5.06. The van der Waals surface area contributed by atoms with E-state index in [1.807, 2.05) is 18.2 Å². The first-order chi connectivity index (χ1) is 10.8. The van der Waals surface area contributed by atoms with E-state index in [9.17, 15) is 5.11 Å². The lowest BCUT2D eigenvalue weighted by molar-refractivity contribution is 0.415. The van der Waals surface area contributed by atoms with Crippen LogP contribution in [0.15, 0.2) is 48.5 Å². The highest BCUT2D eigenvalue weighted by atomic mass is 16.5. The first-order valence-corrected chi connectivity index (χ1v) is 7.69. The van der Waals surface area contributed by atoms with Gasteiger partial charge in [-0.1, -0.05) is 24.3 Å². The highest BCUT2D eigenvalue weighted by Crippen LogP contribution is 2.42. The molecule has 0 amide bonds. The van der Waals surface area contributed by atoms with Crippen LogP contribution in [0.25, 0.3) is 21.9 Å². The average Bonchev–Trinajstić information content (AvgIpc) is 2.73. The minimum atomic E-state index is 0.340.